The molecule has 2 N–H and O–H groups in total. The van der Waals surface area contributed by atoms with Crippen LogP contribution >= 0.6 is 0 Å². The van der Waals surface area contributed by atoms with Gasteiger partial charge in [0.1, 0.15) is 0 Å². The summed E-state index contributed by atoms with van der Waals surface area (Å²) in [5.41, 5.74) is 0. The molecular formula is C8H15NO2. The molecule has 0 bridgehead atoms. The standard InChI is InChI=1S/C8H15NO2/c1-3-5-9-8(11)7(4-2)6-10/h3,7,10H,1,4-6H2,2H3,(H,9,11). The lowest BCUT2D eigenvalue weighted by atomic mass is 10.1. The second-order valence-corrected chi connectivity index (χ2v) is 2.32. The Morgan fingerprint density at radius 3 is 2.82 bits per heavy atom. The van der Waals surface area contributed by atoms with E-state index in [4.69, 9.17) is 5.11 Å². The Balaban J connectivity index is 3.69. The van der Waals surface area contributed by atoms with Crippen molar-refractivity contribution in [3.63, 3.8) is 0 Å². The first-order valence-electron chi connectivity index (χ1n) is 3.75. The molecule has 0 aliphatic heterocycles. The largest absolute Gasteiger partial charge is 0.396 e. The molecule has 0 aromatic heterocycles. The second-order valence-electron chi connectivity index (χ2n) is 2.32. The Hall–Kier alpha value is -0.830. The van der Waals surface area contributed by atoms with Gasteiger partial charge in [0.05, 0.1) is 12.5 Å². The summed E-state index contributed by atoms with van der Waals surface area (Å²) in [7, 11) is 0. The van der Waals surface area contributed by atoms with Crippen LogP contribution in [0.15, 0.2) is 12.7 Å². The van der Waals surface area contributed by atoms with E-state index in [9.17, 15) is 4.79 Å². The van der Waals surface area contributed by atoms with E-state index < -0.39 is 0 Å². The van der Waals surface area contributed by atoms with E-state index in [0.29, 0.717) is 13.0 Å². The van der Waals surface area contributed by atoms with Gasteiger partial charge in [-0.2, -0.15) is 0 Å². The highest BCUT2D eigenvalue weighted by Crippen LogP contribution is 1.99. The molecule has 0 aromatic rings. The van der Waals surface area contributed by atoms with Gasteiger partial charge in [-0.15, -0.1) is 6.58 Å². The van der Waals surface area contributed by atoms with Crippen LogP contribution in [-0.2, 0) is 4.79 Å². The Kier molecular flexibility index (Phi) is 5.47. The van der Waals surface area contributed by atoms with E-state index in [1.165, 1.54) is 0 Å². The zero-order valence-corrected chi connectivity index (χ0v) is 6.84. The SMILES string of the molecule is C=CCNC(=O)C(CC)CO. The molecule has 0 aliphatic carbocycles. The van der Waals surface area contributed by atoms with Crippen molar-refractivity contribution < 1.29 is 9.90 Å². The van der Waals surface area contributed by atoms with Crippen LogP contribution in [0.2, 0.25) is 0 Å². The quantitative estimate of drug-likeness (QED) is 0.564. The van der Waals surface area contributed by atoms with Gasteiger partial charge in [-0.05, 0) is 6.42 Å². The molecule has 0 fully saturated rings. The number of rotatable bonds is 5. The summed E-state index contributed by atoms with van der Waals surface area (Å²) < 4.78 is 0. The summed E-state index contributed by atoms with van der Waals surface area (Å²) in [5.74, 6) is -0.371. The highest BCUT2D eigenvalue weighted by atomic mass is 16.3. The van der Waals surface area contributed by atoms with E-state index >= 15 is 0 Å². The van der Waals surface area contributed by atoms with Crippen molar-refractivity contribution in [1.82, 2.24) is 5.32 Å². The number of amides is 1. The van der Waals surface area contributed by atoms with E-state index in [0.717, 1.165) is 0 Å². The Bertz CT molecular complexity index is 130. The molecule has 0 aliphatic rings. The van der Waals surface area contributed by atoms with Crippen LogP contribution in [0, 0.1) is 5.92 Å². The van der Waals surface area contributed by atoms with Crippen LogP contribution in [0.5, 0.6) is 0 Å². The van der Waals surface area contributed by atoms with Gasteiger partial charge in [0.2, 0.25) is 5.91 Å². The van der Waals surface area contributed by atoms with E-state index in [2.05, 4.69) is 11.9 Å². The lowest BCUT2D eigenvalue weighted by molar-refractivity contribution is -0.126. The Morgan fingerprint density at radius 1 is 1.82 bits per heavy atom. The average molecular weight is 157 g/mol. The summed E-state index contributed by atoms with van der Waals surface area (Å²) in [6.45, 7) is 5.72. The van der Waals surface area contributed by atoms with E-state index in [-0.39, 0.29) is 18.4 Å². The fraction of sp³-hybridized carbons (Fsp3) is 0.625. The van der Waals surface area contributed by atoms with Gasteiger partial charge in [0.25, 0.3) is 0 Å². The average Bonchev–Trinajstić information content (AvgIpc) is 2.03. The fourth-order valence-corrected chi connectivity index (χ4v) is 0.715. The summed E-state index contributed by atoms with van der Waals surface area (Å²) in [4.78, 5) is 11.0. The Morgan fingerprint density at radius 2 is 2.45 bits per heavy atom. The van der Waals surface area contributed by atoms with Gasteiger partial charge >= 0.3 is 0 Å². The lowest BCUT2D eigenvalue weighted by Crippen LogP contribution is -2.32. The van der Waals surface area contributed by atoms with Crippen LogP contribution in [0.25, 0.3) is 0 Å². The van der Waals surface area contributed by atoms with Gasteiger partial charge in [-0.1, -0.05) is 13.0 Å². The minimum atomic E-state index is -0.269. The molecule has 0 heterocycles. The van der Waals surface area contributed by atoms with Gasteiger partial charge in [-0.3, -0.25) is 4.79 Å². The second kappa shape index (κ2) is 5.92. The monoisotopic (exact) mass is 157 g/mol. The number of hydrogen-bond donors (Lipinski definition) is 2. The van der Waals surface area contributed by atoms with Gasteiger partial charge < -0.3 is 10.4 Å². The maximum absolute atomic E-state index is 11.0. The van der Waals surface area contributed by atoms with Gasteiger partial charge in [-0.25, -0.2) is 0 Å². The molecule has 64 valence electrons. The predicted octanol–water partition coefficient (Wildman–Crippen LogP) is 0.307. The lowest BCUT2D eigenvalue weighted by Gasteiger charge is -2.09. The topological polar surface area (TPSA) is 49.3 Å². The van der Waals surface area contributed by atoms with E-state index in [1.54, 1.807) is 6.08 Å². The number of hydrogen-bond acceptors (Lipinski definition) is 2. The first-order chi connectivity index (χ1) is 5.26. The molecule has 0 radical (unpaired) electrons. The smallest absolute Gasteiger partial charge is 0.225 e. The minimum Gasteiger partial charge on any atom is -0.396 e. The van der Waals surface area contributed by atoms with Crippen LogP contribution < -0.4 is 5.32 Å². The highest BCUT2D eigenvalue weighted by Gasteiger charge is 2.13. The molecular weight excluding hydrogens is 142 g/mol. The van der Waals surface area contributed by atoms with Crippen LogP contribution in [0.1, 0.15) is 13.3 Å². The first-order valence-corrected chi connectivity index (χ1v) is 3.75. The number of aliphatic hydroxyl groups excluding tert-OH is 1. The number of nitrogens with one attached hydrogen (secondary N) is 1. The molecule has 3 heteroatoms. The predicted molar refractivity (Wildman–Crippen MR) is 44.1 cm³/mol. The van der Waals surface area contributed by atoms with Crippen molar-refractivity contribution in [2.75, 3.05) is 13.2 Å². The fourth-order valence-electron chi connectivity index (χ4n) is 0.715. The molecule has 1 atom stereocenters. The molecule has 1 amide bonds. The molecule has 0 rings (SSSR count). The molecule has 11 heavy (non-hydrogen) atoms. The molecule has 0 spiro atoms. The van der Waals surface area contributed by atoms with Crippen molar-refractivity contribution in [1.29, 1.82) is 0 Å². The summed E-state index contributed by atoms with van der Waals surface area (Å²) in [6, 6.07) is 0. The van der Waals surface area contributed by atoms with Crippen molar-refractivity contribution in [3.8, 4) is 0 Å². The third-order valence-electron chi connectivity index (χ3n) is 1.50. The zero-order chi connectivity index (χ0) is 8.69. The maximum atomic E-state index is 11.0. The number of aliphatic hydroxyl groups is 1. The van der Waals surface area contributed by atoms with Gasteiger partial charge in [0.15, 0.2) is 0 Å². The molecule has 3 nitrogen and oxygen atoms in total. The molecule has 0 saturated carbocycles. The van der Waals surface area contributed by atoms with Crippen LogP contribution in [0.4, 0.5) is 0 Å². The van der Waals surface area contributed by atoms with Crippen molar-refractivity contribution in [2.45, 2.75) is 13.3 Å². The van der Waals surface area contributed by atoms with Crippen molar-refractivity contribution in [2.24, 2.45) is 5.92 Å². The van der Waals surface area contributed by atoms with Crippen LogP contribution in [0.3, 0.4) is 0 Å². The summed E-state index contributed by atoms with van der Waals surface area (Å²) in [6.07, 6.45) is 2.28. The number of carbonyl (C=O) groups excluding carboxylic acids is 1. The third-order valence-corrected chi connectivity index (χ3v) is 1.50. The number of carbonyl (C=O) groups is 1. The molecule has 1 unspecified atom stereocenters. The van der Waals surface area contributed by atoms with Gasteiger partial charge in [0, 0.05) is 6.54 Å². The first kappa shape index (κ1) is 10.2. The van der Waals surface area contributed by atoms with Crippen LogP contribution in [-0.4, -0.2) is 24.2 Å². The summed E-state index contributed by atoms with van der Waals surface area (Å²) >= 11 is 0. The highest BCUT2D eigenvalue weighted by molar-refractivity contribution is 5.78. The molecule has 0 aromatic carbocycles. The molecule has 0 saturated heterocycles. The maximum Gasteiger partial charge on any atom is 0.225 e. The normalized spacial score (nSPS) is 12.2. The third kappa shape index (κ3) is 3.78. The van der Waals surface area contributed by atoms with Crippen molar-refractivity contribution in [3.05, 3.63) is 12.7 Å². The Labute approximate surface area is 67.1 Å². The zero-order valence-electron chi connectivity index (χ0n) is 6.84. The minimum absolute atomic E-state index is 0.0839. The van der Waals surface area contributed by atoms with E-state index in [1.807, 2.05) is 6.92 Å². The van der Waals surface area contributed by atoms with Crippen molar-refractivity contribution >= 4 is 5.91 Å². The summed E-state index contributed by atoms with van der Waals surface area (Å²) in [5, 5.41) is 11.3.